The predicted molar refractivity (Wildman–Crippen MR) is 195 cm³/mol. The van der Waals surface area contributed by atoms with Crippen LogP contribution in [-0.2, 0) is 5.41 Å². The van der Waals surface area contributed by atoms with Gasteiger partial charge in [0.25, 0.3) is 0 Å². The van der Waals surface area contributed by atoms with Gasteiger partial charge in [-0.2, -0.15) is 0 Å². The molecule has 8 aromatic carbocycles. The van der Waals surface area contributed by atoms with Crippen LogP contribution in [0.2, 0.25) is 0 Å². The summed E-state index contributed by atoms with van der Waals surface area (Å²) in [5.41, 5.74) is -8.94. The Bertz CT molecular complexity index is 4110. The molecule has 1 heterocycles. The molecule has 0 fully saturated rings. The van der Waals surface area contributed by atoms with E-state index in [1.165, 1.54) is 0 Å². The van der Waals surface area contributed by atoms with Crippen molar-refractivity contribution in [1.29, 1.82) is 0 Å². The van der Waals surface area contributed by atoms with E-state index in [1.807, 2.05) is 0 Å². The number of benzene rings is 8. The van der Waals surface area contributed by atoms with Crippen LogP contribution in [0.1, 0.15) is 61.9 Å². The van der Waals surface area contributed by atoms with Crippen molar-refractivity contribution < 1.29 is 41.4 Å². The zero-order valence-electron chi connectivity index (χ0n) is 50.4. The molecule has 0 amide bonds. The Morgan fingerprint density at radius 3 is 1.91 bits per heavy atom. The predicted octanol–water partition coefficient (Wildman–Crippen LogP) is 12.7. The normalized spacial score (nSPS) is 24.2. The second kappa shape index (κ2) is 9.19. The molecule has 1 heteroatoms. The minimum atomic E-state index is -3.30. The summed E-state index contributed by atoms with van der Waals surface area (Å²) in [4.78, 5) is 0. The minimum Gasteiger partial charge on any atom is -0.455 e. The van der Waals surface area contributed by atoms with E-state index in [2.05, 4.69) is 0 Å². The molecule has 0 saturated heterocycles. The summed E-state index contributed by atoms with van der Waals surface area (Å²) < 4.78 is 251. The van der Waals surface area contributed by atoms with Crippen molar-refractivity contribution in [2.75, 3.05) is 0 Å². The van der Waals surface area contributed by atoms with E-state index in [-0.39, 0.29) is 0 Å². The zero-order valence-corrected chi connectivity index (χ0v) is 23.4. The molecule has 216 valence electrons. The van der Waals surface area contributed by atoms with Crippen molar-refractivity contribution in [3.05, 3.63) is 156 Å². The number of fused-ring (bicyclic) bond motifs is 10. The van der Waals surface area contributed by atoms with E-state index in [0.29, 0.717) is 0 Å². The largest absolute Gasteiger partial charge is 0.455 e. The van der Waals surface area contributed by atoms with Crippen molar-refractivity contribution >= 4 is 54.3 Å². The van der Waals surface area contributed by atoms with Crippen LogP contribution in [0.5, 0.6) is 0 Å². The lowest BCUT2D eigenvalue weighted by molar-refractivity contribution is 0.660. The van der Waals surface area contributed by atoms with Gasteiger partial charge in [-0.3, -0.25) is 0 Å². The van der Waals surface area contributed by atoms with Crippen LogP contribution in [0.15, 0.2) is 149 Å². The molecule has 0 radical (unpaired) electrons. The molecule has 1 aliphatic carbocycles. The molecule has 0 aliphatic heterocycles. The second-order valence-electron chi connectivity index (χ2n) is 10.9. The van der Waals surface area contributed by atoms with Crippen LogP contribution < -0.4 is 0 Å². The number of hydrogen-bond donors (Lipinski definition) is 0. The smallest absolute Gasteiger partial charge is 0.143 e. The molecular weight excluding hydrogens is 556 g/mol. The molecule has 0 bridgehead atoms. The highest BCUT2D eigenvalue weighted by Crippen LogP contribution is 2.52. The van der Waals surface area contributed by atoms with Gasteiger partial charge in [-0.15, -0.1) is 0 Å². The van der Waals surface area contributed by atoms with Gasteiger partial charge in [0.1, 0.15) is 11.2 Å². The topological polar surface area (TPSA) is 13.1 Å². The molecular formula is C45H30O. The van der Waals surface area contributed by atoms with Gasteiger partial charge in [0.15, 0.2) is 0 Å². The first-order valence-corrected chi connectivity index (χ1v) is 13.9. The fourth-order valence-corrected chi connectivity index (χ4v) is 6.37. The molecule has 1 atom stereocenters. The average molecular weight is 614 g/mol. The van der Waals surface area contributed by atoms with Crippen LogP contribution in [0, 0.1) is 0 Å². The molecule has 9 aromatic rings. The molecule has 0 spiro atoms. The second-order valence-corrected chi connectivity index (χ2v) is 10.9. The Hall–Kier alpha value is -5.66. The van der Waals surface area contributed by atoms with E-state index < -0.39 is 256 Å². The van der Waals surface area contributed by atoms with Gasteiger partial charge < -0.3 is 4.42 Å². The fraction of sp³-hybridized carbons (Fsp3) is 0.0667. The molecule has 1 unspecified atom stereocenters. The van der Waals surface area contributed by atoms with Gasteiger partial charge in [-0.05, 0) is 89.6 Å². The van der Waals surface area contributed by atoms with Crippen molar-refractivity contribution in [1.82, 2.24) is 0 Å². The molecule has 1 aromatic heterocycles. The maximum atomic E-state index is 9.97. The SMILES string of the molecule is [2H]c1c([2H])c([2H])c2c(c1[2H])-c1c([2H])c([2H])c(-c3c4c([2H])c([2H])c([2H])c([2H])c4c(-c4c([2H])c([2H])c([2H])c5oc6c7c([2H])c([2H])c([2H])c([2H])c7c([2H])c([2H])c6c45)c4c([2H])c([2H])c([2H])c([2H])c34)c([2H])c1C2(C)C([2H])([2H])[2H]. The molecule has 0 N–H and O–H groups in total. The van der Waals surface area contributed by atoms with Crippen molar-refractivity contribution in [3.8, 4) is 33.4 Å². The highest BCUT2D eigenvalue weighted by atomic mass is 16.3. The van der Waals surface area contributed by atoms with Crippen LogP contribution in [0.3, 0.4) is 0 Å². The summed E-state index contributed by atoms with van der Waals surface area (Å²) in [6, 6.07) is -21.6. The van der Waals surface area contributed by atoms with Gasteiger partial charge in [-0.25, -0.2) is 0 Å². The Labute approximate surface area is 305 Å². The first kappa shape index (κ1) is 10.7. The molecule has 1 aliphatic rings. The monoisotopic (exact) mass is 613 g/mol. The minimum absolute atomic E-state index is 0.455. The summed E-state index contributed by atoms with van der Waals surface area (Å²) >= 11 is 0. The van der Waals surface area contributed by atoms with Crippen LogP contribution >= 0.6 is 0 Å². The van der Waals surface area contributed by atoms with E-state index in [4.69, 9.17) is 29.1 Å². The van der Waals surface area contributed by atoms with E-state index in [0.717, 1.165) is 6.92 Å². The Kier molecular flexibility index (Phi) is 2.14. The highest BCUT2D eigenvalue weighted by Gasteiger charge is 2.35. The number of rotatable bonds is 2. The fourth-order valence-electron chi connectivity index (χ4n) is 6.37. The van der Waals surface area contributed by atoms with Gasteiger partial charge >= 0.3 is 0 Å². The zero-order chi connectivity index (χ0) is 54.0. The van der Waals surface area contributed by atoms with E-state index in [9.17, 15) is 12.3 Å². The third-order valence-electron chi connectivity index (χ3n) is 8.37. The van der Waals surface area contributed by atoms with Gasteiger partial charge in [0.05, 0.1) is 32.9 Å². The summed E-state index contributed by atoms with van der Waals surface area (Å²) in [6.45, 7) is -2.25. The summed E-state index contributed by atoms with van der Waals surface area (Å²) in [6.07, 6.45) is 0. The lowest BCUT2D eigenvalue weighted by Gasteiger charge is -2.23. The first-order chi connectivity index (χ1) is 33.8. The van der Waals surface area contributed by atoms with Crippen LogP contribution in [0.4, 0.5) is 0 Å². The lowest BCUT2D eigenvalue weighted by Crippen LogP contribution is -2.14. The van der Waals surface area contributed by atoms with Crippen molar-refractivity contribution in [3.63, 3.8) is 0 Å². The van der Waals surface area contributed by atoms with E-state index >= 15 is 0 Å². The van der Waals surface area contributed by atoms with Crippen LogP contribution in [0.25, 0.3) is 87.6 Å². The molecule has 46 heavy (non-hydrogen) atoms. The quantitative estimate of drug-likeness (QED) is 0.177. The number of hydrogen-bond acceptors (Lipinski definition) is 1. The summed E-state index contributed by atoms with van der Waals surface area (Å²) in [7, 11) is 0. The Morgan fingerprint density at radius 1 is 0.522 bits per heavy atom. The lowest BCUT2D eigenvalue weighted by atomic mass is 9.80. The summed E-state index contributed by atoms with van der Waals surface area (Å²) in [5.74, 6) is 0. The van der Waals surface area contributed by atoms with Gasteiger partial charge in [0, 0.05) is 25.7 Å². The standard InChI is InChI=1S/C45H30O/c1-45(2)38-20-10-9-14-30(38)31-24-23-28(26-39(31)45)41-32-15-5-7-17-34(32)42(35-18-8-6-16-33(35)41)36-19-11-21-40-43(36)37-25-22-27-12-3-4-13-29(27)44(37)46-40/h3-26H,1-2H3/i1D3,3D,4D,5D,6D,7D,8D,9D,10D,11D,12D,13D,14D,15D,16D,17D,18D,19D,20D,21D,22D,23D,24D,25D,26D. The highest BCUT2D eigenvalue weighted by molar-refractivity contribution is 6.27. The Balaban J connectivity index is 1.54. The number of furan rings is 1. The maximum Gasteiger partial charge on any atom is 0.143 e. The molecule has 0 saturated carbocycles. The summed E-state index contributed by atoms with van der Waals surface area (Å²) in [5, 5.41) is -4.91. The first-order valence-electron chi connectivity index (χ1n) is 27.4. The van der Waals surface area contributed by atoms with Gasteiger partial charge in [0.2, 0.25) is 0 Å². The van der Waals surface area contributed by atoms with E-state index in [1.54, 1.807) is 0 Å². The molecule has 10 rings (SSSR count). The van der Waals surface area contributed by atoms with Crippen molar-refractivity contribution in [2.24, 2.45) is 0 Å². The average Bonchev–Trinajstić information content (AvgIpc) is 3.88. The Morgan fingerprint density at radius 2 is 1.15 bits per heavy atom. The maximum absolute atomic E-state index is 9.97. The molecule has 1 nitrogen and oxygen atoms in total. The third-order valence-corrected chi connectivity index (χ3v) is 8.37. The third kappa shape index (κ3) is 3.35. The van der Waals surface area contributed by atoms with Crippen LogP contribution in [-0.4, -0.2) is 0 Å². The van der Waals surface area contributed by atoms with Gasteiger partial charge in [-0.1, -0.05) is 141 Å². The van der Waals surface area contributed by atoms with Crippen molar-refractivity contribution in [2.45, 2.75) is 19.2 Å².